The zero-order chi connectivity index (χ0) is 28.9. The number of imidazole rings is 1. The van der Waals surface area contributed by atoms with E-state index in [0.717, 1.165) is 31.7 Å². The first kappa shape index (κ1) is 34.3. The van der Waals surface area contributed by atoms with Crippen LogP contribution in [-0.4, -0.2) is 55.3 Å². The van der Waals surface area contributed by atoms with Crippen LogP contribution in [0.25, 0.3) is 0 Å². The molecule has 0 aliphatic carbocycles. The van der Waals surface area contributed by atoms with Crippen molar-refractivity contribution in [3.63, 3.8) is 0 Å². The Balaban J connectivity index is 0.000000403. The molecule has 0 spiro atoms. The third-order valence-corrected chi connectivity index (χ3v) is 5.65. The van der Waals surface area contributed by atoms with Crippen LogP contribution in [0.5, 0.6) is 23.0 Å². The standard InChI is InChI=1S/C16H20N2O4.C12H16O5.BrH/c1-3-4-9-22-16(21)15(18-8-7-17(2)11-18)12-5-6-13(19)14(20)10-12;1-2-3-6-17-12(16)11(15)8-4-5-9(13)10(14)7-8;/h5-8,10-11,15H,3-4,9H2,1-2H3,(H-,19,20);4-5,7,11,13-15H,2-3,6H2,1H3;1H. The van der Waals surface area contributed by atoms with Crippen molar-refractivity contribution in [3.8, 4) is 23.0 Å². The van der Waals surface area contributed by atoms with Crippen molar-refractivity contribution in [1.82, 2.24) is 4.57 Å². The van der Waals surface area contributed by atoms with E-state index in [-0.39, 0.29) is 52.1 Å². The average molecular weight is 626 g/mol. The predicted octanol–water partition coefficient (Wildman–Crippen LogP) is 0.135. The number of phenols is 4. The van der Waals surface area contributed by atoms with E-state index in [1.807, 2.05) is 31.7 Å². The maximum Gasteiger partial charge on any atom is 0.356 e. The number of aromatic nitrogens is 2. The minimum atomic E-state index is -1.45. The summed E-state index contributed by atoms with van der Waals surface area (Å²) in [6.07, 6.45) is 7.26. The summed E-state index contributed by atoms with van der Waals surface area (Å²) in [6.45, 7) is 4.61. The zero-order valence-electron chi connectivity index (χ0n) is 22.7. The van der Waals surface area contributed by atoms with E-state index in [1.54, 1.807) is 23.2 Å². The molecular weight excluding hydrogens is 588 g/mol. The molecule has 0 amide bonds. The molecule has 5 N–H and O–H groups in total. The number of carbonyl (C=O) groups excluding carboxylic acids is 2. The molecule has 11 nitrogen and oxygen atoms in total. The number of benzene rings is 2. The maximum absolute atomic E-state index is 12.4. The lowest BCUT2D eigenvalue weighted by Crippen LogP contribution is -3.00. The first-order valence-electron chi connectivity index (χ1n) is 12.7. The fourth-order valence-electron chi connectivity index (χ4n) is 3.40. The molecule has 3 aromatic rings. The summed E-state index contributed by atoms with van der Waals surface area (Å²) in [5.74, 6) is -2.33. The van der Waals surface area contributed by atoms with Crippen molar-refractivity contribution in [2.24, 2.45) is 7.05 Å². The molecule has 0 aliphatic heterocycles. The summed E-state index contributed by atoms with van der Waals surface area (Å²) in [4.78, 5) is 23.8. The lowest BCUT2D eigenvalue weighted by Gasteiger charge is -2.14. The summed E-state index contributed by atoms with van der Waals surface area (Å²) in [6, 6.07) is 7.31. The number of aromatic hydroxyl groups is 4. The molecule has 40 heavy (non-hydrogen) atoms. The Kier molecular flexibility index (Phi) is 14.6. The lowest BCUT2D eigenvalue weighted by atomic mass is 10.1. The molecule has 0 fully saturated rings. The minimum absolute atomic E-state index is 0. The monoisotopic (exact) mass is 624 g/mol. The number of nitrogens with zero attached hydrogens (tertiary/aromatic N) is 2. The van der Waals surface area contributed by atoms with Crippen molar-refractivity contribution < 1.29 is 66.1 Å². The Morgan fingerprint density at radius 1 is 0.825 bits per heavy atom. The molecule has 0 saturated carbocycles. The molecule has 2 aromatic carbocycles. The van der Waals surface area contributed by atoms with Gasteiger partial charge in [0.15, 0.2) is 29.1 Å². The molecular formula is C28H37BrN2O9. The Labute approximate surface area is 243 Å². The average Bonchev–Trinajstić information content (AvgIpc) is 3.33. The number of halogens is 1. The number of rotatable bonds is 11. The number of hydrogen-bond donors (Lipinski definition) is 5. The van der Waals surface area contributed by atoms with E-state index < -0.39 is 24.1 Å². The van der Waals surface area contributed by atoms with Crippen LogP contribution in [0.15, 0.2) is 55.1 Å². The minimum Gasteiger partial charge on any atom is -1.00 e. The lowest BCUT2D eigenvalue weighted by molar-refractivity contribution is -0.671. The van der Waals surface area contributed by atoms with Crippen LogP contribution in [-0.2, 0) is 26.1 Å². The molecule has 1 aromatic heterocycles. The van der Waals surface area contributed by atoms with Gasteiger partial charge in [0.25, 0.3) is 0 Å². The second-order valence-corrected chi connectivity index (χ2v) is 8.87. The van der Waals surface area contributed by atoms with Gasteiger partial charge in [-0.1, -0.05) is 38.8 Å². The van der Waals surface area contributed by atoms with Crippen LogP contribution >= 0.6 is 0 Å². The van der Waals surface area contributed by atoms with Gasteiger partial charge in [-0.15, -0.1) is 0 Å². The van der Waals surface area contributed by atoms with Gasteiger partial charge < -0.3 is 52.0 Å². The summed E-state index contributed by atoms with van der Waals surface area (Å²) >= 11 is 0. The fraction of sp³-hybridized carbons (Fsp3) is 0.393. The highest BCUT2D eigenvalue weighted by atomic mass is 79.9. The van der Waals surface area contributed by atoms with E-state index in [0.29, 0.717) is 12.2 Å². The molecule has 0 radical (unpaired) electrons. The van der Waals surface area contributed by atoms with Crippen molar-refractivity contribution >= 4 is 11.9 Å². The maximum atomic E-state index is 12.4. The number of carbonyl (C=O) groups is 2. The Hall–Kier alpha value is -3.77. The number of aliphatic hydroxyl groups excluding tert-OH is 1. The molecule has 0 aliphatic rings. The summed E-state index contributed by atoms with van der Waals surface area (Å²) in [5, 5.41) is 47.1. The Morgan fingerprint density at radius 3 is 1.80 bits per heavy atom. The number of aliphatic hydroxyl groups is 1. The number of esters is 2. The molecule has 2 unspecified atom stereocenters. The summed E-state index contributed by atoms with van der Waals surface area (Å²) < 4.78 is 13.7. The number of phenolic OH excluding ortho intramolecular Hbond substituents is 4. The molecule has 220 valence electrons. The fourth-order valence-corrected chi connectivity index (χ4v) is 3.40. The van der Waals surface area contributed by atoms with Crippen LogP contribution in [0.3, 0.4) is 0 Å². The molecule has 0 saturated heterocycles. The van der Waals surface area contributed by atoms with Crippen LogP contribution < -0.4 is 21.5 Å². The highest BCUT2D eigenvalue weighted by Crippen LogP contribution is 2.30. The topological polar surface area (TPSA) is 163 Å². The second-order valence-electron chi connectivity index (χ2n) is 8.87. The van der Waals surface area contributed by atoms with Crippen LogP contribution in [0.2, 0.25) is 0 Å². The number of hydrogen-bond acceptors (Lipinski definition) is 9. The van der Waals surface area contributed by atoms with Gasteiger partial charge in [-0.2, -0.15) is 0 Å². The third kappa shape index (κ3) is 10.1. The summed E-state index contributed by atoms with van der Waals surface area (Å²) in [5.41, 5.74) is 0.731. The van der Waals surface area contributed by atoms with E-state index >= 15 is 0 Å². The number of aryl methyl sites for hydroxylation is 1. The molecule has 3 rings (SSSR count). The predicted molar refractivity (Wildman–Crippen MR) is 140 cm³/mol. The highest BCUT2D eigenvalue weighted by Gasteiger charge is 2.29. The number of ether oxygens (including phenoxy) is 2. The quantitative estimate of drug-likeness (QED) is 0.0864. The SMILES string of the molecule is CCCCOC(=O)C(O)c1ccc(O)c(O)c1.CCCCOC(=O)C(c1ccc(O)c(O)c1)n1cc[n+](C)c1.[Br-]. The van der Waals surface area contributed by atoms with Crippen LogP contribution in [0.1, 0.15) is 62.8 Å². The molecule has 2 atom stereocenters. The van der Waals surface area contributed by atoms with Crippen molar-refractivity contribution in [3.05, 3.63) is 66.2 Å². The van der Waals surface area contributed by atoms with E-state index in [4.69, 9.17) is 14.6 Å². The van der Waals surface area contributed by atoms with Gasteiger partial charge in [-0.25, -0.2) is 18.7 Å². The van der Waals surface area contributed by atoms with Crippen molar-refractivity contribution in [1.29, 1.82) is 0 Å². The van der Waals surface area contributed by atoms with E-state index in [2.05, 4.69) is 0 Å². The van der Waals surface area contributed by atoms with Gasteiger partial charge in [0.1, 0.15) is 12.4 Å². The van der Waals surface area contributed by atoms with Crippen LogP contribution in [0.4, 0.5) is 0 Å². The second kappa shape index (κ2) is 17.0. The summed E-state index contributed by atoms with van der Waals surface area (Å²) in [7, 11) is 1.85. The van der Waals surface area contributed by atoms with E-state index in [9.17, 15) is 30.0 Å². The largest absolute Gasteiger partial charge is 1.00 e. The van der Waals surface area contributed by atoms with Gasteiger partial charge >= 0.3 is 11.9 Å². The molecule has 1 heterocycles. The van der Waals surface area contributed by atoms with Gasteiger partial charge in [0, 0.05) is 5.56 Å². The van der Waals surface area contributed by atoms with Gasteiger partial charge in [0.2, 0.25) is 12.4 Å². The van der Waals surface area contributed by atoms with Crippen LogP contribution in [0, 0.1) is 0 Å². The van der Waals surface area contributed by atoms with Gasteiger partial charge in [0.05, 0.1) is 20.3 Å². The van der Waals surface area contributed by atoms with E-state index in [1.165, 1.54) is 24.3 Å². The smallest absolute Gasteiger partial charge is 0.356 e. The Morgan fingerprint density at radius 2 is 1.32 bits per heavy atom. The Bertz CT molecular complexity index is 1230. The first-order chi connectivity index (χ1) is 18.6. The highest BCUT2D eigenvalue weighted by molar-refractivity contribution is 5.78. The third-order valence-electron chi connectivity index (χ3n) is 5.65. The van der Waals surface area contributed by atoms with Gasteiger partial charge in [-0.05, 0) is 42.7 Å². The van der Waals surface area contributed by atoms with Crippen molar-refractivity contribution in [2.45, 2.75) is 51.7 Å². The zero-order valence-corrected chi connectivity index (χ0v) is 24.3. The number of unbranched alkanes of at least 4 members (excludes halogenated alkanes) is 2. The molecule has 0 bridgehead atoms. The van der Waals surface area contributed by atoms with Crippen molar-refractivity contribution in [2.75, 3.05) is 13.2 Å². The first-order valence-corrected chi connectivity index (χ1v) is 12.7. The molecule has 12 heteroatoms. The normalized spacial score (nSPS) is 11.8. The van der Waals surface area contributed by atoms with Gasteiger partial charge in [-0.3, -0.25) is 0 Å².